The summed E-state index contributed by atoms with van der Waals surface area (Å²) in [6, 6.07) is 3.63. The minimum Gasteiger partial charge on any atom is -0.392 e. The molecule has 2 nitrogen and oxygen atoms in total. The van der Waals surface area contributed by atoms with Crippen LogP contribution >= 0.6 is 0 Å². The van der Waals surface area contributed by atoms with E-state index in [1.165, 1.54) is 63.1 Å². The zero-order valence-electron chi connectivity index (χ0n) is 15.4. The molecular weight excluding hydrogens is 276 g/mol. The van der Waals surface area contributed by atoms with Crippen molar-refractivity contribution in [1.29, 1.82) is 0 Å². The van der Waals surface area contributed by atoms with Crippen molar-refractivity contribution in [2.24, 2.45) is 0 Å². The van der Waals surface area contributed by atoms with Crippen LogP contribution in [0, 0.1) is 0 Å². The molecule has 0 aliphatic rings. The van der Waals surface area contributed by atoms with E-state index in [2.05, 4.69) is 34.6 Å². The minimum absolute atomic E-state index is 0.0529. The molecule has 0 aromatic rings. The normalized spacial score (nSPS) is 13.6. The second-order valence-electron chi connectivity index (χ2n) is 6.16. The first-order valence-corrected chi connectivity index (χ1v) is 12.0. The van der Waals surface area contributed by atoms with E-state index in [9.17, 15) is 0 Å². The lowest BCUT2D eigenvalue weighted by atomic mass is 10.1. The van der Waals surface area contributed by atoms with Crippen LogP contribution in [-0.4, -0.2) is 21.2 Å². The van der Waals surface area contributed by atoms with E-state index in [-0.39, 0.29) is 6.29 Å². The predicted octanol–water partition coefficient (Wildman–Crippen LogP) is 6.51. The van der Waals surface area contributed by atoms with E-state index < -0.39 is 8.32 Å². The monoisotopic (exact) mass is 316 g/mol. The maximum absolute atomic E-state index is 6.49. The molecule has 0 spiro atoms. The van der Waals surface area contributed by atoms with E-state index >= 15 is 0 Å². The highest BCUT2D eigenvalue weighted by Crippen LogP contribution is 2.25. The molecule has 0 aliphatic carbocycles. The summed E-state index contributed by atoms with van der Waals surface area (Å²) in [4.78, 5) is 0. The van der Waals surface area contributed by atoms with Gasteiger partial charge in [0.1, 0.15) is 6.29 Å². The molecule has 0 aromatic carbocycles. The molecule has 0 heterocycles. The molecule has 0 amide bonds. The van der Waals surface area contributed by atoms with Gasteiger partial charge in [-0.3, -0.25) is 0 Å². The fraction of sp³-hybridized carbons (Fsp3) is 1.00. The quantitative estimate of drug-likeness (QED) is 0.195. The third-order valence-corrected chi connectivity index (χ3v) is 9.34. The van der Waals surface area contributed by atoms with Crippen LogP contribution in [0.15, 0.2) is 0 Å². The van der Waals surface area contributed by atoms with Crippen molar-refractivity contribution in [2.75, 3.05) is 6.61 Å². The van der Waals surface area contributed by atoms with Gasteiger partial charge in [0.05, 0.1) is 0 Å². The number of unbranched alkanes of at least 4 members (excludes halogenated alkanes) is 6. The summed E-state index contributed by atoms with van der Waals surface area (Å²) in [5.41, 5.74) is 0. The van der Waals surface area contributed by atoms with Crippen LogP contribution in [0.2, 0.25) is 18.1 Å². The van der Waals surface area contributed by atoms with Crippen LogP contribution in [0.5, 0.6) is 0 Å². The predicted molar refractivity (Wildman–Crippen MR) is 96.3 cm³/mol. The molecule has 0 N–H and O–H groups in total. The highest BCUT2D eigenvalue weighted by Gasteiger charge is 2.32. The van der Waals surface area contributed by atoms with Crippen molar-refractivity contribution in [3.05, 3.63) is 0 Å². The average molecular weight is 317 g/mol. The van der Waals surface area contributed by atoms with Crippen molar-refractivity contribution in [3.8, 4) is 0 Å². The van der Waals surface area contributed by atoms with Crippen LogP contribution in [0.3, 0.4) is 0 Å². The first-order chi connectivity index (χ1) is 10.2. The Labute approximate surface area is 135 Å². The lowest BCUT2D eigenvalue weighted by Gasteiger charge is -2.33. The van der Waals surface area contributed by atoms with Gasteiger partial charge in [-0.05, 0) is 37.9 Å². The van der Waals surface area contributed by atoms with Gasteiger partial charge in [0.2, 0.25) is 0 Å². The van der Waals surface area contributed by atoms with E-state index in [1.54, 1.807) is 0 Å². The Balaban J connectivity index is 4.01. The van der Waals surface area contributed by atoms with E-state index in [4.69, 9.17) is 9.16 Å². The van der Waals surface area contributed by atoms with E-state index in [1.807, 2.05) is 0 Å². The van der Waals surface area contributed by atoms with Gasteiger partial charge in [0.25, 0.3) is 0 Å². The van der Waals surface area contributed by atoms with Gasteiger partial charge >= 0.3 is 0 Å². The van der Waals surface area contributed by atoms with Crippen LogP contribution in [-0.2, 0) is 9.16 Å². The Hall–Kier alpha value is 0.137. The first-order valence-electron chi connectivity index (χ1n) is 9.47. The molecule has 1 atom stereocenters. The molecule has 0 aromatic heterocycles. The van der Waals surface area contributed by atoms with Gasteiger partial charge in [0, 0.05) is 6.61 Å². The number of rotatable bonds is 15. The van der Waals surface area contributed by atoms with Crippen LogP contribution in [0.25, 0.3) is 0 Å². The maximum atomic E-state index is 6.49. The summed E-state index contributed by atoms with van der Waals surface area (Å²) in [5.74, 6) is 0. The number of ether oxygens (including phenoxy) is 1. The molecule has 0 radical (unpaired) electrons. The van der Waals surface area contributed by atoms with Gasteiger partial charge in [-0.2, -0.15) is 0 Å². The SMILES string of the molecule is CCCCCCCCCC(OCC)O[Si](CC)(CC)CC. The first kappa shape index (κ1) is 21.1. The fourth-order valence-corrected chi connectivity index (χ4v) is 5.65. The highest BCUT2D eigenvalue weighted by molar-refractivity contribution is 6.73. The van der Waals surface area contributed by atoms with E-state index in [0.29, 0.717) is 0 Å². The number of hydrogen-bond acceptors (Lipinski definition) is 2. The smallest absolute Gasteiger partial charge is 0.195 e. The summed E-state index contributed by atoms with van der Waals surface area (Å²) in [6.07, 6.45) is 10.6. The third kappa shape index (κ3) is 9.70. The largest absolute Gasteiger partial charge is 0.392 e. The fourth-order valence-electron chi connectivity index (χ4n) is 2.91. The second kappa shape index (κ2) is 13.8. The van der Waals surface area contributed by atoms with Crippen molar-refractivity contribution >= 4 is 8.32 Å². The third-order valence-electron chi connectivity index (χ3n) is 4.71. The maximum Gasteiger partial charge on any atom is 0.195 e. The molecule has 128 valence electrons. The van der Waals surface area contributed by atoms with Crippen LogP contribution in [0.4, 0.5) is 0 Å². The van der Waals surface area contributed by atoms with Gasteiger partial charge in [-0.1, -0.05) is 66.2 Å². The van der Waals surface area contributed by atoms with Crippen LogP contribution < -0.4 is 0 Å². The molecular formula is C18H40O2Si. The Morgan fingerprint density at radius 3 is 1.71 bits per heavy atom. The summed E-state index contributed by atoms with van der Waals surface area (Å²) in [5, 5.41) is 0. The lowest BCUT2D eigenvalue weighted by Crippen LogP contribution is -2.40. The Bertz CT molecular complexity index is 209. The molecule has 0 fully saturated rings. The van der Waals surface area contributed by atoms with Crippen molar-refractivity contribution in [1.82, 2.24) is 0 Å². The molecule has 0 saturated heterocycles. The summed E-state index contributed by atoms with van der Waals surface area (Å²) >= 11 is 0. The molecule has 0 rings (SSSR count). The molecule has 21 heavy (non-hydrogen) atoms. The number of hydrogen-bond donors (Lipinski definition) is 0. The second-order valence-corrected chi connectivity index (χ2v) is 10.9. The topological polar surface area (TPSA) is 18.5 Å². The standard InChI is InChI=1S/C18H40O2Si/c1-6-11-12-13-14-15-16-17-18(19-7-2)20-21(8-3,9-4)10-5/h18H,6-17H2,1-5H3. The minimum atomic E-state index is -1.53. The van der Waals surface area contributed by atoms with Gasteiger partial charge in [0.15, 0.2) is 8.32 Å². The summed E-state index contributed by atoms with van der Waals surface area (Å²) < 4.78 is 12.3. The summed E-state index contributed by atoms with van der Waals surface area (Å²) in [7, 11) is -1.53. The Morgan fingerprint density at radius 2 is 1.24 bits per heavy atom. The average Bonchev–Trinajstić information content (AvgIpc) is 2.52. The van der Waals surface area contributed by atoms with Crippen LogP contribution in [0.1, 0.15) is 86.0 Å². The van der Waals surface area contributed by atoms with Gasteiger partial charge < -0.3 is 9.16 Å². The summed E-state index contributed by atoms with van der Waals surface area (Å²) in [6.45, 7) is 12.0. The van der Waals surface area contributed by atoms with E-state index in [0.717, 1.165) is 13.0 Å². The molecule has 3 heteroatoms. The zero-order chi connectivity index (χ0) is 16.0. The highest BCUT2D eigenvalue weighted by atomic mass is 28.4. The van der Waals surface area contributed by atoms with Gasteiger partial charge in [-0.25, -0.2) is 0 Å². The lowest BCUT2D eigenvalue weighted by molar-refractivity contribution is -0.0881. The Morgan fingerprint density at radius 1 is 0.714 bits per heavy atom. The molecule has 0 saturated carbocycles. The molecule has 0 aliphatic heterocycles. The molecule has 1 unspecified atom stereocenters. The van der Waals surface area contributed by atoms with Gasteiger partial charge in [-0.15, -0.1) is 0 Å². The van der Waals surface area contributed by atoms with Crippen molar-refractivity contribution in [2.45, 2.75) is 110 Å². The van der Waals surface area contributed by atoms with Crippen molar-refractivity contribution < 1.29 is 9.16 Å². The Kier molecular flexibility index (Phi) is 13.9. The van der Waals surface area contributed by atoms with Crippen molar-refractivity contribution in [3.63, 3.8) is 0 Å². The zero-order valence-corrected chi connectivity index (χ0v) is 16.4. The molecule has 0 bridgehead atoms.